The summed E-state index contributed by atoms with van der Waals surface area (Å²) in [6.45, 7) is 0. The normalized spacial score (nSPS) is 19.5. The van der Waals surface area contributed by atoms with Gasteiger partial charge in [0, 0.05) is 23.9 Å². The van der Waals surface area contributed by atoms with Gasteiger partial charge in [0.05, 0.1) is 16.0 Å². The Balaban J connectivity index is 1.82. The van der Waals surface area contributed by atoms with Crippen LogP contribution < -0.4 is 5.32 Å². The Morgan fingerprint density at radius 3 is 3.16 bits per heavy atom. The van der Waals surface area contributed by atoms with E-state index in [1.165, 1.54) is 24.3 Å². The van der Waals surface area contributed by atoms with Gasteiger partial charge in [-0.3, -0.25) is 10.1 Å². The molecule has 1 fully saturated rings. The second-order valence-corrected chi connectivity index (χ2v) is 5.75. The topological polar surface area (TPSA) is 83.8 Å². The van der Waals surface area contributed by atoms with Crippen molar-refractivity contribution in [3.05, 3.63) is 28.3 Å². The molecule has 2 N–H and O–H groups in total. The zero-order valence-corrected chi connectivity index (χ0v) is 11.1. The monoisotopic (exact) mass is 278 g/mol. The van der Waals surface area contributed by atoms with Crippen LogP contribution in [0, 0.1) is 10.1 Å². The minimum absolute atomic E-state index is 0.0796. The molecule has 0 bridgehead atoms. The Labute approximate surface area is 114 Å². The minimum atomic E-state index is -0.398. The van der Waals surface area contributed by atoms with E-state index in [4.69, 9.17) is 0 Å². The first-order chi connectivity index (χ1) is 9.22. The van der Waals surface area contributed by atoms with Crippen LogP contribution in [0.2, 0.25) is 0 Å². The Morgan fingerprint density at radius 1 is 1.53 bits per heavy atom. The third-order valence-electron chi connectivity index (χ3n) is 3.18. The highest BCUT2D eigenvalue weighted by atomic mass is 32.2. The number of aromatic amines is 1. The van der Waals surface area contributed by atoms with Crippen LogP contribution in [0.25, 0.3) is 11.0 Å². The summed E-state index contributed by atoms with van der Waals surface area (Å²) in [6, 6.07) is 5.09. The summed E-state index contributed by atoms with van der Waals surface area (Å²) < 4.78 is 0. The second kappa shape index (κ2) is 5.08. The molecule has 0 aliphatic carbocycles. The van der Waals surface area contributed by atoms with Crippen molar-refractivity contribution in [2.24, 2.45) is 0 Å². The largest absolute Gasteiger partial charge is 0.352 e. The summed E-state index contributed by atoms with van der Waals surface area (Å²) in [7, 11) is 0. The maximum Gasteiger partial charge on any atom is 0.271 e. The van der Waals surface area contributed by atoms with Crippen LogP contribution in [0.5, 0.6) is 0 Å². The zero-order chi connectivity index (χ0) is 13.2. The van der Waals surface area contributed by atoms with E-state index < -0.39 is 4.92 Å². The van der Waals surface area contributed by atoms with Gasteiger partial charge >= 0.3 is 0 Å². The number of aromatic nitrogens is 2. The van der Waals surface area contributed by atoms with Gasteiger partial charge in [-0.1, -0.05) is 0 Å². The molecule has 19 heavy (non-hydrogen) atoms. The maximum atomic E-state index is 10.7. The van der Waals surface area contributed by atoms with Gasteiger partial charge in [0.25, 0.3) is 5.69 Å². The smallest absolute Gasteiger partial charge is 0.271 e. The molecule has 1 aromatic heterocycles. The number of imidazole rings is 1. The molecule has 2 aromatic rings. The first kappa shape index (κ1) is 12.3. The van der Waals surface area contributed by atoms with Gasteiger partial charge in [-0.15, -0.1) is 0 Å². The maximum absolute atomic E-state index is 10.7. The van der Waals surface area contributed by atoms with Crippen LogP contribution >= 0.6 is 11.8 Å². The molecule has 6 nitrogen and oxygen atoms in total. The van der Waals surface area contributed by atoms with Gasteiger partial charge in [0.2, 0.25) is 5.95 Å². The molecule has 1 saturated heterocycles. The number of non-ortho nitro benzene ring substituents is 1. The van der Waals surface area contributed by atoms with E-state index >= 15 is 0 Å². The molecular formula is C12H14N4O2S. The molecule has 1 aliphatic rings. The van der Waals surface area contributed by atoms with Gasteiger partial charge in [-0.25, -0.2) is 4.98 Å². The van der Waals surface area contributed by atoms with Gasteiger partial charge < -0.3 is 10.3 Å². The van der Waals surface area contributed by atoms with E-state index in [0.717, 1.165) is 17.7 Å². The number of rotatable bonds is 3. The number of thioether (sulfide) groups is 1. The molecule has 3 rings (SSSR count). The van der Waals surface area contributed by atoms with Crippen LogP contribution in [-0.4, -0.2) is 32.4 Å². The lowest BCUT2D eigenvalue weighted by Crippen LogP contribution is -2.26. The average molecular weight is 278 g/mol. The van der Waals surface area contributed by atoms with Crippen molar-refractivity contribution >= 4 is 34.4 Å². The fourth-order valence-electron chi connectivity index (χ4n) is 2.23. The van der Waals surface area contributed by atoms with Crippen molar-refractivity contribution in [3.8, 4) is 0 Å². The van der Waals surface area contributed by atoms with Gasteiger partial charge in [-0.05, 0) is 24.7 Å². The summed E-state index contributed by atoms with van der Waals surface area (Å²) >= 11 is 1.94. The molecule has 1 unspecified atom stereocenters. The van der Waals surface area contributed by atoms with Crippen LogP contribution in [0.15, 0.2) is 18.2 Å². The molecule has 0 spiro atoms. The molecule has 1 atom stereocenters. The number of nitrogens with zero attached hydrogens (tertiary/aromatic N) is 2. The zero-order valence-electron chi connectivity index (χ0n) is 10.3. The summed E-state index contributed by atoms with van der Waals surface area (Å²) in [6.07, 6.45) is 2.36. The van der Waals surface area contributed by atoms with E-state index in [1.54, 1.807) is 6.07 Å². The average Bonchev–Trinajstić information content (AvgIpc) is 2.80. The Morgan fingerprint density at radius 2 is 2.42 bits per heavy atom. The standard InChI is InChI=1S/C12H14N4O2S/c17-16(18)9-3-4-10-11(6-9)15-12(14-10)13-8-2-1-5-19-7-8/h3-4,6,8H,1-2,5,7H2,(H2,13,14,15). The predicted molar refractivity (Wildman–Crippen MR) is 76.7 cm³/mol. The van der Waals surface area contributed by atoms with E-state index in [1.807, 2.05) is 11.8 Å². The number of H-pyrrole nitrogens is 1. The number of hydrogen-bond acceptors (Lipinski definition) is 5. The van der Waals surface area contributed by atoms with Crippen LogP contribution in [0.3, 0.4) is 0 Å². The van der Waals surface area contributed by atoms with Crippen molar-refractivity contribution in [3.63, 3.8) is 0 Å². The number of anilines is 1. The van der Waals surface area contributed by atoms with Crippen LogP contribution in [-0.2, 0) is 0 Å². The quantitative estimate of drug-likeness (QED) is 0.666. The lowest BCUT2D eigenvalue weighted by Gasteiger charge is -2.21. The third kappa shape index (κ3) is 2.65. The highest BCUT2D eigenvalue weighted by molar-refractivity contribution is 7.99. The third-order valence-corrected chi connectivity index (χ3v) is 4.39. The van der Waals surface area contributed by atoms with Crippen molar-refractivity contribution < 1.29 is 4.92 Å². The molecule has 7 heteroatoms. The van der Waals surface area contributed by atoms with E-state index in [2.05, 4.69) is 15.3 Å². The Bertz CT molecular complexity index is 607. The van der Waals surface area contributed by atoms with Crippen molar-refractivity contribution in [1.82, 2.24) is 9.97 Å². The fourth-order valence-corrected chi connectivity index (χ4v) is 3.30. The number of nitrogens with one attached hydrogen (secondary N) is 2. The number of fused-ring (bicyclic) bond motifs is 1. The summed E-state index contributed by atoms with van der Waals surface area (Å²) in [5.41, 5.74) is 1.52. The molecule has 0 radical (unpaired) electrons. The van der Waals surface area contributed by atoms with Gasteiger partial charge in [0.15, 0.2) is 0 Å². The second-order valence-electron chi connectivity index (χ2n) is 4.60. The predicted octanol–water partition coefficient (Wildman–Crippen LogP) is 2.78. The minimum Gasteiger partial charge on any atom is -0.352 e. The Kier molecular flexibility index (Phi) is 3.29. The van der Waals surface area contributed by atoms with Gasteiger partial charge in [-0.2, -0.15) is 11.8 Å². The molecule has 2 heterocycles. The lowest BCUT2D eigenvalue weighted by atomic mass is 10.2. The molecule has 0 saturated carbocycles. The molecule has 1 aliphatic heterocycles. The first-order valence-electron chi connectivity index (χ1n) is 6.21. The number of nitro groups is 1. The highest BCUT2D eigenvalue weighted by Gasteiger charge is 2.15. The van der Waals surface area contributed by atoms with Gasteiger partial charge in [0.1, 0.15) is 0 Å². The first-order valence-corrected chi connectivity index (χ1v) is 7.36. The Hall–Kier alpha value is -1.76. The fraction of sp³-hybridized carbons (Fsp3) is 0.417. The number of nitro benzene ring substituents is 1. The van der Waals surface area contributed by atoms with Crippen LogP contribution in [0.1, 0.15) is 12.8 Å². The van der Waals surface area contributed by atoms with Crippen LogP contribution in [0.4, 0.5) is 11.6 Å². The van der Waals surface area contributed by atoms with Crippen molar-refractivity contribution in [1.29, 1.82) is 0 Å². The summed E-state index contributed by atoms with van der Waals surface area (Å²) in [5, 5.41) is 14.1. The van der Waals surface area contributed by atoms with Crippen molar-refractivity contribution in [2.75, 3.05) is 16.8 Å². The SMILES string of the molecule is O=[N+]([O-])c1ccc2nc(NC3CCCSC3)[nH]c2c1. The van der Waals surface area contributed by atoms with E-state index in [0.29, 0.717) is 17.5 Å². The van der Waals surface area contributed by atoms with E-state index in [-0.39, 0.29) is 5.69 Å². The summed E-state index contributed by atoms with van der Waals surface area (Å²) in [4.78, 5) is 17.8. The van der Waals surface area contributed by atoms with Crippen molar-refractivity contribution in [2.45, 2.75) is 18.9 Å². The van der Waals surface area contributed by atoms with E-state index in [9.17, 15) is 10.1 Å². The molecule has 100 valence electrons. The summed E-state index contributed by atoms with van der Waals surface area (Å²) in [5.74, 6) is 3.00. The number of benzene rings is 1. The molecule has 0 amide bonds. The molecular weight excluding hydrogens is 264 g/mol. The molecule has 1 aromatic carbocycles. The lowest BCUT2D eigenvalue weighted by molar-refractivity contribution is -0.384. The number of hydrogen-bond donors (Lipinski definition) is 2. The highest BCUT2D eigenvalue weighted by Crippen LogP contribution is 2.23.